The van der Waals surface area contributed by atoms with Crippen LogP contribution in [0.1, 0.15) is 5.56 Å². The van der Waals surface area contributed by atoms with Gasteiger partial charge < -0.3 is 10.1 Å². The van der Waals surface area contributed by atoms with Crippen molar-refractivity contribution in [1.82, 2.24) is 10.3 Å². The van der Waals surface area contributed by atoms with E-state index < -0.39 is 11.6 Å². The molecular formula is C13H11ClF2N2O. The second kappa shape index (κ2) is 5.95. The Hall–Kier alpha value is -1.72. The Labute approximate surface area is 114 Å². The van der Waals surface area contributed by atoms with E-state index in [2.05, 4.69) is 10.3 Å². The lowest BCUT2D eigenvalue weighted by molar-refractivity contribution is 0.450. The van der Waals surface area contributed by atoms with Crippen LogP contribution in [0.4, 0.5) is 8.78 Å². The Morgan fingerprint density at radius 3 is 2.53 bits per heavy atom. The van der Waals surface area contributed by atoms with Crippen LogP contribution >= 0.6 is 11.6 Å². The molecule has 0 bridgehead atoms. The minimum atomic E-state index is -0.709. The van der Waals surface area contributed by atoms with Crippen molar-refractivity contribution in [3.05, 3.63) is 52.7 Å². The molecule has 0 aliphatic rings. The summed E-state index contributed by atoms with van der Waals surface area (Å²) in [4.78, 5) is 3.95. The lowest BCUT2D eigenvalue weighted by Gasteiger charge is -2.08. The molecule has 3 nitrogen and oxygen atoms in total. The van der Waals surface area contributed by atoms with Gasteiger partial charge in [-0.15, -0.1) is 0 Å². The fourth-order valence-corrected chi connectivity index (χ4v) is 1.72. The van der Waals surface area contributed by atoms with E-state index in [0.717, 1.165) is 23.8 Å². The van der Waals surface area contributed by atoms with Gasteiger partial charge in [0.1, 0.15) is 17.4 Å². The average Bonchev–Trinajstić information content (AvgIpc) is 2.32. The number of benzene rings is 1. The van der Waals surface area contributed by atoms with Gasteiger partial charge in [-0.25, -0.2) is 13.8 Å². The molecule has 0 atom stereocenters. The average molecular weight is 285 g/mol. The van der Waals surface area contributed by atoms with E-state index in [4.69, 9.17) is 16.3 Å². The van der Waals surface area contributed by atoms with Gasteiger partial charge in [0.15, 0.2) is 0 Å². The SMILES string of the molecule is CNCc1cc(Oc2cc(F)cc(F)c2)ncc1Cl. The van der Waals surface area contributed by atoms with Crippen LogP contribution in [0.25, 0.3) is 0 Å². The smallest absolute Gasteiger partial charge is 0.219 e. The third-order valence-electron chi connectivity index (χ3n) is 2.34. The number of ether oxygens (including phenoxy) is 1. The van der Waals surface area contributed by atoms with Crippen molar-refractivity contribution in [1.29, 1.82) is 0 Å². The lowest BCUT2D eigenvalue weighted by atomic mass is 10.2. The predicted octanol–water partition coefficient (Wildman–Crippen LogP) is 3.52. The van der Waals surface area contributed by atoms with Crippen molar-refractivity contribution in [2.24, 2.45) is 0 Å². The standard InChI is InChI=1S/C13H11ClF2N2O/c1-17-6-8-2-13(18-7-12(8)14)19-11-4-9(15)3-10(16)5-11/h2-5,7,17H,6H2,1H3. The molecule has 0 aliphatic heterocycles. The van der Waals surface area contributed by atoms with Gasteiger partial charge in [0, 0.05) is 37.0 Å². The zero-order chi connectivity index (χ0) is 13.8. The van der Waals surface area contributed by atoms with E-state index in [-0.39, 0.29) is 11.6 Å². The number of rotatable bonds is 4. The maximum absolute atomic E-state index is 13.0. The Bertz CT molecular complexity index is 573. The zero-order valence-electron chi connectivity index (χ0n) is 10.1. The second-order valence-corrected chi connectivity index (χ2v) is 4.26. The number of hydrogen-bond donors (Lipinski definition) is 1. The van der Waals surface area contributed by atoms with Crippen LogP contribution < -0.4 is 10.1 Å². The first-order valence-electron chi connectivity index (χ1n) is 5.51. The number of aromatic nitrogens is 1. The molecule has 0 saturated heterocycles. The van der Waals surface area contributed by atoms with Crippen molar-refractivity contribution >= 4 is 11.6 Å². The van der Waals surface area contributed by atoms with Crippen LogP contribution in [0.2, 0.25) is 5.02 Å². The molecule has 0 radical (unpaired) electrons. The Morgan fingerprint density at radius 1 is 1.21 bits per heavy atom. The van der Waals surface area contributed by atoms with Gasteiger partial charge in [-0.2, -0.15) is 0 Å². The first-order chi connectivity index (χ1) is 9.08. The largest absolute Gasteiger partial charge is 0.439 e. The summed E-state index contributed by atoms with van der Waals surface area (Å²) < 4.78 is 31.4. The van der Waals surface area contributed by atoms with Gasteiger partial charge in [0.25, 0.3) is 0 Å². The maximum Gasteiger partial charge on any atom is 0.219 e. The van der Waals surface area contributed by atoms with Gasteiger partial charge in [0.05, 0.1) is 5.02 Å². The summed E-state index contributed by atoms with van der Waals surface area (Å²) in [6.45, 7) is 0.537. The van der Waals surface area contributed by atoms with Gasteiger partial charge in [-0.05, 0) is 12.6 Å². The molecule has 100 valence electrons. The van der Waals surface area contributed by atoms with Crippen molar-refractivity contribution in [2.45, 2.75) is 6.54 Å². The molecule has 19 heavy (non-hydrogen) atoms. The zero-order valence-corrected chi connectivity index (χ0v) is 10.8. The molecular weight excluding hydrogens is 274 g/mol. The monoisotopic (exact) mass is 284 g/mol. The van der Waals surface area contributed by atoms with E-state index in [1.54, 1.807) is 13.1 Å². The third-order valence-corrected chi connectivity index (χ3v) is 2.68. The topological polar surface area (TPSA) is 34.1 Å². The minimum absolute atomic E-state index is 0.0442. The third kappa shape index (κ3) is 3.62. The summed E-state index contributed by atoms with van der Waals surface area (Å²) in [5.74, 6) is -1.15. The van der Waals surface area contributed by atoms with Crippen molar-refractivity contribution < 1.29 is 13.5 Å². The normalized spacial score (nSPS) is 10.5. The number of nitrogens with one attached hydrogen (secondary N) is 1. The van der Waals surface area contributed by atoms with Crippen molar-refractivity contribution in [3.63, 3.8) is 0 Å². The molecule has 1 aromatic carbocycles. The maximum atomic E-state index is 13.0. The van der Waals surface area contributed by atoms with Crippen LogP contribution in [0.3, 0.4) is 0 Å². The fraction of sp³-hybridized carbons (Fsp3) is 0.154. The molecule has 0 fully saturated rings. The number of pyridine rings is 1. The Balaban J connectivity index is 2.25. The predicted molar refractivity (Wildman–Crippen MR) is 68.4 cm³/mol. The van der Waals surface area contributed by atoms with Crippen LogP contribution in [0.5, 0.6) is 11.6 Å². The summed E-state index contributed by atoms with van der Waals surface area (Å²) in [7, 11) is 1.78. The lowest BCUT2D eigenvalue weighted by Crippen LogP contribution is -2.06. The first kappa shape index (κ1) is 13.7. The summed E-state index contributed by atoms with van der Waals surface area (Å²) >= 11 is 5.95. The summed E-state index contributed by atoms with van der Waals surface area (Å²) in [5, 5.41) is 3.44. The summed E-state index contributed by atoms with van der Waals surface area (Å²) in [6.07, 6.45) is 1.43. The molecule has 0 spiro atoms. The van der Waals surface area contributed by atoms with Crippen molar-refractivity contribution in [3.8, 4) is 11.6 Å². The first-order valence-corrected chi connectivity index (χ1v) is 5.89. The Kier molecular flexibility index (Phi) is 4.29. The van der Waals surface area contributed by atoms with Crippen LogP contribution in [0.15, 0.2) is 30.5 Å². The van der Waals surface area contributed by atoms with E-state index in [1.165, 1.54) is 6.20 Å². The van der Waals surface area contributed by atoms with Gasteiger partial charge in [0.2, 0.25) is 5.88 Å². The van der Waals surface area contributed by atoms with E-state index in [0.29, 0.717) is 11.6 Å². The van der Waals surface area contributed by atoms with Gasteiger partial charge in [-0.3, -0.25) is 0 Å². The summed E-state index contributed by atoms with van der Waals surface area (Å²) in [5.41, 5.74) is 0.783. The van der Waals surface area contributed by atoms with E-state index in [1.807, 2.05) is 0 Å². The molecule has 0 aliphatic carbocycles. The molecule has 0 amide bonds. The number of hydrogen-bond acceptors (Lipinski definition) is 3. The highest BCUT2D eigenvalue weighted by atomic mass is 35.5. The van der Waals surface area contributed by atoms with Crippen molar-refractivity contribution in [2.75, 3.05) is 7.05 Å². The van der Waals surface area contributed by atoms with Crippen LogP contribution in [-0.2, 0) is 6.54 Å². The molecule has 2 rings (SSSR count). The minimum Gasteiger partial charge on any atom is -0.439 e. The number of halogens is 3. The molecule has 6 heteroatoms. The highest BCUT2D eigenvalue weighted by molar-refractivity contribution is 6.31. The highest BCUT2D eigenvalue weighted by Crippen LogP contribution is 2.25. The van der Waals surface area contributed by atoms with Crippen LogP contribution in [-0.4, -0.2) is 12.0 Å². The fourth-order valence-electron chi connectivity index (χ4n) is 1.55. The summed E-state index contributed by atoms with van der Waals surface area (Å²) in [6, 6.07) is 4.55. The molecule has 2 aromatic rings. The molecule has 1 heterocycles. The van der Waals surface area contributed by atoms with E-state index >= 15 is 0 Å². The molecule has 1 aromatic heterocycles. The number of nitrogens with zero attached hydrogens (tertiary/aromatic N) is 1. The molecule has 0 saturated carbocycles. The highest BCUT2D eigenvalue weighted by Gasteiger charge is 2.07. The van der Waals surface area contributed by atoms with E-state index in [9.17, 15) is 8.78 Å². The Morgan fingerprint density at radius 2 is 1.89 bits per heavy atom. The second-order valence-electron chi connectivity index (χ2n) is 3.85. The quantitative estimate of drug-likeness (QED) is 0.933. The molecule has 0 unspecified atom stereocenters. The molecule has 1 N–H and O–H groups in total. The van der Waals surface area contributed by atoms with Gasteiger partial charge >= 0.3 is 0 Å². The van der Waals surface area contributed by atoms with Crippen LogP contribution in [0, 0.1) is 11.6 Å². The van der Waals surface area contributed by atoms with Gasteiger partial charge in [-0.1, -0.05) is 11.6 Å².